The van der Waals surface area contributed by atoms with E-state index in [9.17, 15) is 0 Å². The first kappa shape index (κ1) is 69.8. The van der Waals surface area contributed by atoms with E-state index in [1.807, 2.05) is 0 Å². The smallest absolute Gasteiger partial charge is 0.565 e. The zero-order chi connectivity index (χ0) is 25.0. The van der Waals surface area contributed by atoms with Crippen LogP contribution in [0.25, 0.3) is 0 Å². The molecule has 0 heterocycles. The second kappa shape index (κ2) is 63.0. The third kappa shape index (κ3) is 7230. The Morgan fingerprint density at radius 1 is 0.406 bits per heavy atom. The van der Waals surface area contributed by atoms with Gasteiger partial charge in [0.15, 0.2) is 0 Å². The van der Waals surface area contributed by atoms with Crippen molar-refractivity contribution in [2.24, 2.45) is 0 Å². The van der Waals surface area contributed by atoms with Crippen molar-refractivity contribution in [2.45, 2.75) is 0 Å². The van der Waals surface area contributed by atoms with E-state index in [4.69, 9.17) is 105 Å². The molecule has 0 fully saturated rings. The molecule has 0 aromatic rings. The Balaban J connectivity index is -0.0000000175. The van der Waals surface area contributed by atoms with Crippen LogP contribution in [0.1, 0.15) is 0 Å². The Morgan fingerprint density at radius 2 is 0.406 bits per heavy atom. The predicted octanol–water partition coefficient (Wildman–Crippen LogP) is -5.83. The summed E-state index contributed by atoms with van der Waals surface area (Å²) in [5.41, 5.74) is 0. The van der Waals surface area contributed by atoms with E-state index >= 15 is 0 Å². The van der Waals surface area contributed by atoms with E-state index in [1.165, 1.54) is 0 Å². The van der Waals surface area contributed by atoms with Crippen LogP contribution in [0.5, 0.6) is 0 Å². The van der Waals surface area contributed by atoms with Gasteiger partial charge < -0.3 is 85.9 Å². The summed E-state index contributed by atoms with van der Waals surface area (Å²) in [6.07, 6.45) is -13.6. The molecule has 0 rings (SSSR count). The van der Waals surface area contributed by atoms with E-state index in [1.54, 1.807) is 0 Å². The van der Waals surface area contributed by atoms with Gasteiger partial charge in [-0.05, 0) is 0 Å². The zero-order valence-corrected chi connectivity index (χ0v) is 23.5. The van der Waals surface area contributed by atoms with Gasteiger partial charge in [-0.25, -0.2) is 19.2 Å². The second-order valence-corrected chi connectivity index (χ2v) is 1.93. The van der Waals surface area contributed by atoms with E-state index in [0.29, 0.717) is 0 Å². The van der Waals surface area contributed by atoms with Gasteiger partial charge in [0, 0.05) is 36.5 Å². The summed E-state index contributed by atoms with van der Waals surface area (Å²) in [6, 6.07) is 0. The minimum absolute atomic E-state index is 0. The molecule has 25 heteroatoms. The first-order valence-electron chi connectivity index (χ1n) is 4.50. The average Bonchev–Trinajstić information content (AvgIpc) is 2.20. The Morgan fingerprint density at radius 3 is 0.406 bits per heavy atom. The van der Waals surface area contributed by atoms with Gasteiger partial charge in [0.1, 0.15) is 0 Å². The summed E-state index contributed by atoms with van der Waals surface area (Å²) < 4.78 is 0. The average molecular weight is 615 g/mol. The van der Waals surface area contributed by atoms with Gasteiger partial charge in [0.05, 0.1) is 0 Å². The van der Waals surface area contributed by atoms with Crippen molar-refractivity contribution in [1.82, 2.24) is 0 Å². The molecule has 0 aliphatic rings. The van der Waals surface area contributed by atoms with Crippen LogP contribution in [0.3, 0.4) is 0 Å². The number of hydrogen-bond acceptors (Lipinski definition) is 10. The number of carbonyl (C=O) groups is 7. The first-order valence-corrected chi connectivity index (χ1v) is 4.50. The molecule has 0 aliphatic heterocycles. The van der Waals surface area contributed by atoms with E-state index in [2.05, 4.69) is 0 Å². The largest absolute Gasteiger partial charge is 2.00 e. The van der Waals surface area contributed by atoms with Gasteiger partial charge in [0.25, 0.3) is 0 Å². The molecule has 32 heavy (non-hydrogen) atoms. The molecule has 0 saturated heterocycles. The summed E-state index contributed by atoms with van der Waals surface area (Å²) >= 11 is 0. The third-order valence-electron chi connectivity index (χ3n) is 0. The molecule has 0 aliphatic carbocycles. The van der Waals surface area contributed by atoms with Crippen molar-refractivity contribution in [3.63, 3.8) is 0 Å². The Kier molecular flexibility index (Phi) is 137. The van der Waals surface area contributed by atoms with Crippen molar-refractivity contribution in [1.29, 1.82) is 0 Å². The van der Waals surface area contributed by atoms with Gasteiger partial charge in [-0.1, -0.05) is 0 Å². The molecule has 0 saturated carbocycles. The molecule has 0 radical (unpaired) electrons. The Bertz CT molecular complexity index is 327. The van der Waals surface area contributed by atoms with Crippen LogP contribution in [-0.2, 0) is 36.5 Å². The molecular weight excluding hydrogens is 604 g/mol. The normalized spacial score (nSPS) is 5.25. The molecule has 0 spiro atoms. The Labute approximate surface area is 249 Å². The van der Waals surface area contributed by atoms with Gasteiger partial charge in [-0.2, -0.15) is 0 Å². The molecule has 0 atom stereocenters. The summed E-state index contributed by atoms with van der Waals surface area (Å²) in [4.78, 5) is 59.6. The van der Waals surface area contributed by atoms with Crippen LogP contribution >= 0.6 is 0 Å². The van der Waals surface area contributed by atoms with Crippen LogP contribution in [-0.4, -0.2) is 137 Å². The quantitative estimate of drug-likeness (QED) is 0.113. The molecule has 0 amide bonds. The number of carboxylic acid groups (broad SMARTS) is 14. The van der Waals surface area contributed by atoms with Crippen LogP contribution in [0.15, 0.2) is 0 Å². The molecule has 0 bridgehead atoms. The van der Waals surface area contributed by atoms with Crippen molar-refractivity contribution >= 4 is 80.8 Å². The van der Waals surface area contributed by atoms with E-state index in [0.717, 1.165) is 0 Å². The molecule has 0 aromatic heterocycles. The molecule has 11 N–H and O–H groups in total. The maximum Gasteiger partial charge on any atom is 2.00 e. The summed E-state index contributed by atoms with van der Waals surface area (Å²) in [5.74, 6) is 0. The molecule has 178 valence electrons. The van der Waals surface area contributed by atoms with Crippen molar-refractivity contribution in [3.8, 4) is 0 Å². The van der Waals surface area contributed by atoms with Crippen LogP contribution in [0.2, 0.25) is 0 Å². The van der Waals surface area contributed by atoms with Gasteiger partial charge in [-0.15, -0.1) is 0 Å². The maximum absolute atomic E-state index is 8.56. The monoisotopic (exact) mass is 614 g/mol. The standard InChI is InChI=1S/7CH2O3.Ca.Fe.Na.Zn/c7*2-1(3)4;;;;/h7*(H2,2,3,4);;;;/q;;;;;;;+2;;+1;/p-3. The number of hydrogen-bond donors (Lipinski definition) is 11. The van der Waals surface area contributed by atoms with Crippen LogP contribution in [0, 0.1) is 0 Å². The minimum atomic E-state index is -2.08. The molecule has 0 aromatic carbocycles. The van der Waals surface area contributed by atoms with E-state index < -0.39 is 43.1 Å². The topological polar surface area (TPSA) is 411 Å². The Hall–Kier alpha value is -1.71. The van der Waals surface area contributed by atoms with Gasteiger partial charge in [-0.3, -0.25) is 0 Å². The molecule has 21 nitrogen and oxygen atoms in total. The molecular formula is C7H11CaFeNaO21Zn. The van der Waals surface area contributed by atoms with Gasteiger partial charge >= 0.3 is 91.9 Å². The third-order valence-corrected chi connectivity index (χ3v) is 0. The van der Waals surface area contributed by atoms with Crippen molar-refractivity contribution in [2.75, 3.05) is 0 Å². The summed E-state index contributed by atoms with van der Waals surface area (Å²) in [6.45, 7) is 0. The minimum Gasteiger partial charge on any atom is -0.565 e. The zero-order valence-electron chi connectivity index (χ0n) is 15.3. The summed E-state index contributed by atoms with van der Waals surface area (Å²) in [7, 11) is 0. The van der Waals surface area contributed by atoms with Crippen LogP contribution < -0.4 is 44.9 Å². The van der Waals surface area contributed by atoms with Gasteiger partial charge in [0.2, 0.25) is 18.5 Å². The fourth-order valence-corrected chi connectivity index (χ4v) is 0. The van der Waals surface area contributed by atoms with Crippen LogP contribution in [0.4, 0.5) is 33.6 Å². The van der Waals surface area contributed by atoms with E-state index in [-0.39, 0.29) is 104 Å². The molecule has 0 unspecified atom stereocenters. The predicted molar refractivity (Wildman–Crippen MR) is 72.4 cm³/mol. The second-order valence-electron chi connectivity index (χ2n) is 1.93. The maximum atomic E-state index is 8.56. The fraction of sp³-hybridized carbons (Fsp3) is 0. The van der Waals surface area contributed by atoms with Crippen molar-refractivity contribution < 1.29 is 171 Å². The van der Waals surface area contributed by atoms with Crippen molar-refractivity contribution in [3.05, 3.63) is 0 Å². The first-order chi connectivity index (χ1) is 12.1. The fourth-order valence-electron chi connectivity index (χ4n) is 0. The number of rotatable bonds is 0. The SMILES string of the molecule is O=C(O)O.O=C(O)O.O=C(O)O.O=C(O)O.O=C([O-])O.O=C([O-])O.O=C([O-])O.[Ca+2].[Fe].[Na+].[Zn]. The summed E-state index contributed by atoms with van der Waals surface area (Å²) in [5, 5.41) is 102.